The van der Waals surface area contributed by atoms with Gasteiger partial charge in [-0.3, -0.25) is 4.79 Å². The number of rotatable bonds is 9. The summed E-state index contributed by atoms with van der Waals surface area (Å²) in [6.45, 7) is 3.02. The van der Waals surface area contributed by atoms with Crippen LogP contribution in [0.25, 0.3) is 11.1 Å². The molecule has 1 saturated heterocycles. The average Bonchev–Trinajstić information content (AvgIpc) is 3.32. The van der Waals surface area contributed by atoms with Gasteiger partial charge in [-0.1, -0.05) is 62.4 Å². The average molecular weight is 530 g/mol. The van der Waals surface area contributed by atoms with Gasteiger partial charge in [0.15, 0.2) is 0 Å². The van der Waals surface area contributed by atoms with Gasteiger partial charge in [0, 0.05) is 23.8 Å². The van der Waals surface area contributed by atoms with Crippen LogP contribution in [0.1, 0.15) is 68.1 Å². The summed E-state index contributed by atoms with van der Waals surface area (Å²) in [5.41, 5.74) is 6.02. The van der Waals surface area contributed by atoms with Crippen LogP contribution >= 0.6 is 0 Å². The molecule has 1 N–H and O–H groups in total. The van der Waals surface area contributed by atoms with Gasteiger partial charge in [0.1, 0.15) is 11.6 Å². The fourth-order valence-corrected chi connectivity index (χ4v) is 6.73. The van der Waals surface area contributed by atoms with Crippen LogP contribution in [-0.4, -0.2) is 30.8 Å². The standard InChI is InChI=1S/C34H40FNO3/c1-23-16-28(32-21-31(39-2)14-15-33(32)35)11-10-27(23)18-25-8-12-29(13-9-25)36-22-26(19-30(36)20-34(37)38)17-24-6-4-3-5-7-24/h8-16,21,24,26,30H,3-7,17-20,22H2,1-2H3,(H,37,38). The van der Waals surface area contributed by atoms with E-state index in [-0.39, 0.29) is 18.3 Å². The van der Waals surface area contributed by atoms with E-state index in [1.54, 1.807) is 19.2 Å². The second-order valence-electron chi connectivity index (χ2n) is 11.6. The molecule has 5 rings (SSSR count). The van der Waals surface area contributed by atoms with E-state index in [9.17, 15) is 14.3 Å². The lowest BCUT2D eigenvalue weighted by Gasteiger charge is -2.26. The molecule has 5 heteroatoms. The number of carboxylic acids is 1. The maximum Gasteiger partial charge on any atom is 0.305 e. The van der Waals surface area contributed by atoms with E-state index in [0.717, 1.165) is 42.1 Å². The van der Waals surface area contributed by atoms with Crippen LogP contribution in [-0.2, 0) is 11.2 Å². The molecule has 3 aromatic carbocycles. The highest BCUT2D eigenvalue weighted by Gasteiger charge is 2.35. The summed E-state index contributed by atoms with van der Waals surface area (Å²) in [4.78, 5) is 14.0. The molecule has 206 valence electrons. The number of methoxy groups -OCH3 is 1. The molecule has 0 radical (unpaired) electrons. The predicted molar refractivity (Wildman–Crippen MR) is 155 cm³/mol. The van der Waals surface area contributed by atoms with Gasteiger partial charge < -0.3 is 14.7 Å². The molecule has 2 aliphatic rings. The molecule has 0 spiro atoms. The van der Waals surface area contributed by atoms with Crippen molar-refractivity contribution in [1.29, 1.82) is 0 Å². The van der Waals surface area contributed by atoms with Crippen molar-refractivity contribution < 1.29 is 19.0 Å². The third kappa shape index (κ3) is 6.63. The zero-order valence-electron chi connectivity index (χ0n) is 23.2. The lowest BCUT2D eigenvalue weighted by Crippen LogP contribution is -2.31. The number of anilines is 1. The Labute approximate surface area is 231 Å². The molecule has 2 unspecified atom stereocenters. The molecule has 3 aromatic rings. The van der Waals surface area contributed by atoms with Crippen molar-refractivity contribution in [2.75, 3.05) is 18.6 Å². The van der Waals surface area contributed by atoms with E-state index < -0.39 is 5.97 Å². The highest BCUT2D eigenvalue weighted by molar-refractivity contribution is 5.69. The number of halogens is 1. The second-order valence-corrected chi connectivity index (χ2v) is 11.6. The first kappa shape index (κ1) is 27.2. The van der Waals surface area contributed by atoms with E-state index in [2.05, 4.69) is 42.2 Å². The van der Waals surface area contributed by atoms with Crippen LogP contribution in [0.5, 0.6) is 5.75 Å². The number of carboxylic acid groups (broad SMARTS) is 1. The summed E-state index contributed by atoms with van der Waals surface area (Å²) in [5, 5.41) is 9.56. The van der Waals surface area contributed by atoms with Gasteiger partial charge in [0.2, 0.25) is 0 Å². The minimum Gasteiger partial charge on any atom is -0.497 e. The van der Waals surface area contributed by atoms with Gasteiger partial charge >= 0.3 is 5.97 Å². The lowest BCUT2D eigenvalue weighted by atomic mass is 9.82. The Hall–Kier alpha value is -3.34. The summed E-state index contributed by atoms with van der Waals surface area (Å²) in [5.74, 6) is 1.05. The first-order valence-electron chi connectivity index (χ1n) is 14.4. The Morgan fingerprint density at radius 1 is 1.00 bits per heavy atom. The minimum atomic E-state index is -0.715. The lowest BCUT2D eigenvalue weighted by molar-refractivity contribution is -0.137. The molecule has 0 amide bonds. The largest absolute Gasteiger partial charge is 0.497 e. The van der Waals surface area contributed by atoms with E-state index in [0.29, 0.717) is 17.2 Å². The maximum absolute atomic E-state index is 14.5. The second kappa shape index (κ2) is 12.2. The first-order valence-corrected chi connectivity index (χ1v) is 14.4. The molecule has 39 heavy (non-hydrogen) atoms. The van der Waals surface area contributed by atoms with Crippen molar-refractivity contribution in [3.63, 3.8) is 0 Å². The Bertz CT molecular complexity index is 1280. The van der Waals surface area contributed by atoms with Crippen molar-refractivity contribution in [2.45, 2.75) is 70.8 Å². The van der Waals surface area contributed by atoms with Gasteiger partial charge in [-0.15, -0.1) is 0 Å². The molecule has 1 aliphatic carbocycles. The Balaban J connectivity index is 1.27. The SMILES string of the molecule is COc1ccc(F)c(-c2ccc(Cc3ccc(N4CC(CC5CCCCC5)CC4CC(=O)O)cc3)c(C)c2)c1. The Morgan fingerprint density at radius 3 is 2.46 bits per heavy atom. The molecule has 4 nitrogen and oxygen atoms in total. The molecule has 1 heterocycles. The van der Waals surface area contributed by atoms with Crippen LogP contribution in [0.2, 0.25) is 0 Å². The van der Waals surface area contributed by atoms with E-state index in [4.69, 9.17) is 4.74 Å². The number of aryl methyl sites for hydroxylation is 1. The van der Waals surface area contributed by atoms with Crippen molar-refractivity contribution in [1.82, 2.24) is 0 Å². The normalized spacial score (nSPS) is 19.8. The monoisotopic (exact) mass is 529 g/mol. The van der Waals surface area contributed by atoms with Crippen LogP contribution in [0.15, 0.2) is 60.7 Å². The first-order chi connectivity index (χ1) is 18.9. The fraction of sp³-hybridized carbons (Fsp3) is 0.441. The summed E-state index contributed by atoms with van der Waals surface area (Å²) >= 11 is 0. The summed E-state index contributed by atoms with van der Waals surface area (Å²) in [6, 6.07) is 19.6. The van der Waals surface area contributed by atoms with Crippen molar-refractivity contribution in [2.24, 2.45) is 11.8 Å². The molecule has 1 aliphatic heterocycles. The zero-order valence-corrected chi connectivity index (χ0v) is 23.2. The summed E-state index contributed by atoms with van der Waals surface area (Å²) in [6.07, 6.45) is 9.93. The van der Waals surface area contributed by atoms with Gasteiger partial charge in [-0.25, -0.2) is 4.39 Å². The van der Waals surface area contributed by atoms with Crippen LogP contribution in [0, 0.1) is 24.6 Å². The zero-order chi connectivity index (χ0) is 27.4. The molecule has 0 aromatic heterocycles. The number of carbonyl (C=O) groups is 1. The van der Waals surface area contributed by atoms with Crippen molar-refractivity contribution in [3.8, 4) is 16.9 Å². The highest BCUT2D eigenvalue weighted by atomic mass is 19.1. The summed E-state index contributed by atoms with van der Waals surface area (Å²) < 4.78 is 19.8. The fourth-order valence-electron chi connectivity index (χ4n) is 6.73. The maximum atomic E-state index is 14.5. The van der Waals surface area contributed by atoms with E-state index in [1.807, 2.05) is 12.1 Å². The number of hydrogen-bond donors (Lipinski definition) is 1. The highest BCUT2D eigenvalue weighted by Crippen LogP contribution is 2.38. The number of aliphatic carboxylic acids is 1. The topological polar surface area (TPSA) is 49.8 Å². The number of hydrogen-bond acceptors (Lipinski definition) is 3. The minimum absolute atomic E-state index is 0.0636. The third-order valence-corrected chi connectivity index (χ3v) is 8.79. The van der Waals surface area contributed by atoms with Gasteiger partial charge in [-0.05, 0) is 90.6 Å². The molecule has 1 saturated carbocycles. The molecule has 2 atom stereocenters. The summed E-state index contributed by atoms with van der Waals surface area (Å²) in [7, 11) is 1.59. The quantitative estimate of drug-likeness (QED) is 0.305. The van der Waals surface area contributed by atoms with Gasteiger partial charge in [-0.2, -0.15) is 0 Å². The Morgan fingerprint density at radius 2 is 1.77 bits per heavy atom. The van der Waals surface area contributed by atoms with E-state index >= 15 is 0 Å². The van der Waals surface area contributed by atoms with Gasteiger partial charge in [0.05, 0.1) is 13.5 Å². The van der Waals surface area contributed by atoms with Crippen molar-refractivity contribution in [3.05, 3.63) is 83.2 Å². The van der Waals surface area contributed by atoms with Crippen LogP contribution in [0.3, 0.4) is 0 Å². The molecule has 0 bridgehead atoms. The molecular formula is C34H40FNO3. The smallest absolute Gasteiger partial charge is 0.305 e. The van der Waals surface area contributed by atoms with Crippen LogP contribution < -0.4 is 9.64 Å². The number of benzene rings is 3. The third-order valence-electron chi connectivity index (χ3n) is 8.79. The number of ether oxygens (including phenoxy) is 1. The molecular weight excluding hydrogens is 489 g/mol. The predicted octanol–water partition coefficient (Wildman–Crippen LogP) is 8.04. The van der Waals surface area contributed by atoms with Crippen LogP contribution in [0.4, 0.5) is 10.1 Å². The number of nitrogens with zero attached hydrogens (tertiary/aromatic N) is 1. The molecule has 2 fully saturated rings. The Kier molecular flexibility index (Phi) is 8.54. The van der Waals surface area contributed by atoms with Gasteiger partial charge in [0.25, 0.3) is 0 Å². The van der Waals surface area contributed by atoms with E-state index in [1.165, 1.54) is 55.7 Å². The van der Waals surface area contributed by atoms with Crippen molar-refractivity contribution >= 4 is 11.7 Å².